The van der Waals surface area contributed by atoms with Gasteiger partial charge in [0.25, 0.3) is 0 Å². The van der Waals surface area contributed by atoms with Crippen LogP contribution in [0.15, 0.2) is 24.3 Å². The molecule has 288 valence electrons. The average molecular weight is 717 g/mol. The summed E-state index contributed by atoms with van der Waals surface area (Å²) in [4.78, 5) is 37.2. The van der Waals surface area contributed by atoms with Crippen molar-refractivity contribution in [2.75, 3.05) is 113 Å². The molecule has 1 atom stereocenters. The van der Waals surface area contributed by atoms with E-state index in [-0.39, 0.29) is 36.9 Å². The summed E-state index contributed by atoms with van der Waals surface area (Å²) in [5.74, 6) is -0.265. The van der Waals surface area contributed by atoms with Gasteiger partial charge >= 0.3 is 6.09 Å². The second-order valence-corrected chi connectivity index (χ2v) is 12.0. The van der Waals surface area contributed by atoms with Crippen LogP contribution in [0.25, 0.3) is 0 Å². The van der Waals surface area contributed by atoms with Crippen molar-refractivity contribution in [2.24, 2.45) is 0 Å². The van der Waals surface area contributed by atoms with Gasteiger partial charge < -0.3 is 58.4 Å². The molecule has 0 radical (unpaired) electrons. The maximum atomic E-state index is 13.0. The summed E-state index contributed by atoms with van der Waals surface area (Å²) in [6, 6.07) is 5.84. The third-order valence-electron chi connectivity index (χ3n) is 6.49. The maximum absolute atomic E-state index is 13.0. The Morgan fingerprint density at radius 2 is 1.14 bits per heavy atom. The fourth-order valence-corrected chi connectivity index (χ4v) is 4.05. The number of rotatable bonds is 32. The largest absolute Gasteiger partial charge is 0.508 e. The van der Waals surface area contributed by atoms with Crippen molar-refractivity contribution in [2.45, 2.75) is 58.1 Å². The molecule has 1 rings (SSSR count). The van der Waals surface area contributed by atoms with Crippen molar-refractivity contribution < 1.29 is 62.1 Å². The highest BCUT2D eigenvalue weighted by Gasteiger charge is 2.21. The number of aromatic hydroxyl groups is 1. The lowest BCUT2D eigenvalue weighted by Gasteiger charge is -2.19. The lowest BCUT2D eigenvalue weighted by atomic mass is 9.99. The summed E-state index contributed by atoms with van der Waals surface area (Å²) >= 11 is 0. The Labute approximate surface area is 296 Å². The SMILES string of the molecule is COCCOCCOCCOCCCC(=O)[C@H](Cc1ccc(O)cc1)NC(=O)CCOCCOCCOCCOCCNC(=O)OC(C)(C)C. The molecule has 15 nitrogen and oxygen atoms in total. The molecule has 0 heterocycles. The van der Waals surface area contributed by atoms with Crippen molar-refractivity contribution in [3.63, 3.8) is 0 Å². The van der Waals surface area contributed by atoms with E-state index in [0.717, 1.165) is 5.56 Å². The number of nitrogens with one attached hydrogen (secondary N) is 2. The molecule has 0 aromatic heterocycles. The Morgan fingerprint density at radius 1 is 0.660 bits per heavy atom. The van der Waals surface area contributed by atoms with Crippen LogP contribution < -0.4 is 10.6 Å². The van der Waals surface area contributed by atoms with E-state index in [1.165, 1.54) is 0 Å². The smallest absolute Gasteiger partial charge is 0.407 e. The number of alkyl carbamates (subject to hydrolysis) is 1. The first-order chi connectivity index (χ1) is 24.1. The van der Waals surface area contributed by atoms with Gasteiger partial charge in [-0.05, 0) is 51.3 Å². The summed E-state index contributed by atoms with van der Waals surface area (Å²) < 4.78 is 48.2. The summed E-state index contributed by atoms with van der Waals surface area (Å²) in [5, 5.41) is 15.1. The molecule has 3 N–H and O–H groups in total. The molecular formula is C35H60N2O13. The number of ether oxygens (including phenoxy) is 9. The molecule has 0 spiro atoms. The Bertz CT molecular complexity index is 1010. The molecule has 0 unspecified atom stereocenters. The fraction of sp³-hybridized carbons (Fsp3) is 0.743. The maximum Gasteiger partial charge on any atom is 0.407 e. The number of hydrogen-bond acceptors (Lipinski definition) is 13. The van der Waals surface area contributed by atoms with Crippen molar-refractivity contribution in [3.05, 3.63) is 29.8 Å². The minimum atomic E-state index is -0.712. The third kappa shape index (κ3) is 27.9. The van der Waals surface area contributed by atoms with Gasteiger partial charge in [-0.1, -0.05) is 12.1 Å². The molecule has 1 aromatic carbocycles. The van der Waals surface area contributed by atoms with Crippen LogP contribution in [0.5, 0.6) is 5.75 Å². The number of phenols is 1. The topological polar surface area (TPSA) is 179 Å². The quantitative estimate of drug-likeness (QED) is 0.0928. The number of hydrogen-bond donors (Lipinski definition) is 3. The van der Waals surface area contributed by atoms with E-state index in [0.29, 0.717) is 112 Å². The molecule has 2 amide bonds. The lowest BCUT2D eigenvalue weighted by Crippen LogP contribution is -2.42. The van der Waals surface area contributed by atoms with Crippen LogP contribution in [-0.4, -0.2) is 147 Å². The average Bonchev–Trinajstić information content (AvgIpc) is 3.06. The molecule has 0 bridgehead atoms. The number of Topliss-reactive ketones (excluding diaryl/α,β-unsaturated/α-hetero) is 1. The van der Waals surface area contributed by atoms with E-state index in [1.807, 2.05) is 0 Å². The summed E-state index contributed by atoms with van der Waals surface area (Å²) in [6.45, 7) is 11.8. The van der Waals surface area contributed by atoms with Gasteiger partial charge in [0.1, 0.15) is 11.4 Å². The first-order valence-corrected chi connectivity index (χ1v) is 17.2. The van der Waals surface area contributed by atoms with Crippen molar-refractivity contribution >= 4 is 17.8 Å². The zero-order chi connectivity index (χ0) is 36.7. The van der Waals surface area contributed by atoms with Crippen molar-refractivity contribution in [1.82, 2.24) is 10.6 Å². The normalized spacial score (nSPS) is 12.1. The second-order valence-electron chi connectivity index (χ2n) is 12.0. The molecule has 0 aliphatic carbocycles. The number of amides is 2. The van der Waals surface area contributed by atoms with Crippen molar-refractivity contribution in [1.29, 1.82) is 0 Å². The van der Waals surface area contributed by atoms with Gasteiger partial charge in [-0.3, -0.25) is 9.59 Å². The third-order valence-corrected chi connectivity index (χ3v) is 6.49. The summed E-state index contributed by atoms with van der Waals surface area (Å²) in [5.41, 5.74) is 0.279. The minimum Gasteiger partial charge on any atom is -0.508 e. The van der Waals surface area contributed by atoms with Crippen LogP contribution in [0.4, 0.5) is 4.79 Å². The van der Waals surface area contributed by atoms with Gasteiger partial charge in [-0.2, -0.15) is 0 Å². The van der Waals surface area contributed by atoms with Gasteiger partial charge in [0.15, 0.2) is 5.78 Å². The molecule has 0 aliphatic heterocycles. The van der Waals surface area contributed by atoms with E-state index in [9.17, 15) is 19.5 Å². The molecular weight excluding hydrogens is 656 g/mol. The van der Waals surface area contributed by atoms with E-state index < -0.39 is 17.7 Å². The van der Waals surface area contributed by atoms with Crippen LogP contribution >= 0.6 is 0 Å². The van der Waals surface area contributed by atoms with Gasteiger partial charge in [0, 0.05) is 33.1 Å². The number of benzene rings is 1. The zero-order valence-electron chi connectivity index (χ0n) is 30.4. The Balaban J connectivity index is 2.15. The highest BCUT2D eigenvalue weighted by atomic mass is 16.6. The minimum absolute atomic E-state index is 0.0935. The monoisotopic (exact) mass is 716 g/mol. The number of ketones is 1. The molecule has 15 heteroatoms. The van der Waals surface area contributed by atoms with E-state index in [1.54, 1.807) is 52.1 Å². The molecule has 1 aromatic rings. The number of carbonyl (C=O) groups excluding carboxylic acids is 3. The van der Waals surface area contributed by atoms with Crippen LogP contribution in [0.1, 0.15) is 45.6 Å². The summed E-state index contributed by atoms with van der Waals surface area (Å²) in [6.07, 6.45) is 0.678. The van der Waals surface area contributed by atoms with Crippen molar-refractivity contribution in [3.8, 4) is 5.75 Å². The molecule has 0 aliphatic rings. The first kappa shape index (κ1) is 45.1. The predicted octanol–water partition coefficient (Wildman–Crippen LogP) is 2.45. The van der Waals surface area contributed by atoms with E-state index >= 15 is 0 Å². The van der Waals surface area contributed by atoms with Crippen LogP contribution in [-0.2, 0) is 58.6 Å². The molecule has 0 saturated carbocycles. The fourth-order valence-electron chi connectivity index (χ4n) is 4.05. The number of carbonyl (C=O) groups is 3. The Morgan fingerprint density at radius 3 is 1.66 bits per heavy atom. The van der Waals surface area contributed by atoms with Crippen LogP contribution in [0.3, 0.4) is 0 Å². The van der Waals surface area contributed by atoms with Crippen LogP contribution in [0, 0.1) is 0 Å². The standard InChI is InChI=1S/C35H60N2O13/c1-35(2,3)50-34(41)36-12-15-45-20-23-49-27-26-48-22-19-44-14-11-33(40)37-31(28-29-7-9-30(38)10-8-29)32(39)6-5-13-43-18-21-47-25-24-46-17-16-42-4/h7-10,31,38H,5-6,11-28H2,1-4H3,(H,36,41)(H,37,40)/t31-/m0/s1. The lowest BCUT2D eigenvalue weighted by molar-refractivity contribution is -0.128. The Kier molecular flexibility index (Phi) is 26.9. The van der Waals surface area contributed by atoms with Crippen LogP contribution in [0.2, 0.25) is 0 Å². The van der Waals surface area contributed by atoms with E-state index in [2.05, 4.69) is 10.6 Å². The highest BCUT2D eigenvalue weighted by Crippen LogP contribution is 2.13. The number of methoxy groups -OCH3 is 1. The molecule has 0 fully saturated rings. The predicted molar refractivity (Wildman–Crippen MR) is 184 cm³/mol. The van der Waals surface area contributed by atoms with Gasteiger partial charge in [0.05, 0.1) is 98.5 Å². The first-order valence-electron chi connectivity index (χ1n) is 17.2. The Hall–Kier alpha value is -2.89. The summed E-state index contributed by atoms with van der Waals surface area (Å²) in [7, 11) is 1.62. The highest BCUT2D eigenvalue weighted by molar-refractivity contribution is 5.89. The molecule has 0 saturated heterocycles. The number of phenolic OH excluding ortho intramolecular Hbond substituents is 1. The van der Waals surface area contributed by atoms with Gasteiger partial charge in [0.2, 0.25) is 5.91 Å². The second kappa shape index (κ2) is 29.8. The zero-order valence-corrected chi connectivity index (χ0v) is 30.4. The van der Waals surface area contributed by atoms with Gasteiger partial charge in [-0.15, -0.1) is 0 Å². The van der Waals surface area contributed by atoms with Gasteiger partial charge in [-0.25, -0.2) is 4.79 Å². The molecule has 50 heavy (non-hydrogen) atoms. The van der Waals surface area contributed by atoms with E-state index in [4.69, 9.17) is 42.6 Å².